The third-order valence-electron chi connectivity index (χ3n) is 7.34. The summed E-state index contributed by atoms with van der Waals surface area (Å²) in [4.78, 5) is 15.1. The number of ether oxygens (including phenoxy) is 1. The smallest absolute Gasteiger partial charge is 0.158 e. The van der Waals surface area contributed by atoms with Crippen molar-refractivity contribution >= 4 is 29.1 Å². The lowest BCUT2D eigenvalue weighted by Gasteiger charge is -2.22. The maximum Gasteiger partial charge on any atom is 0.158 e. The number of anilines is 4. The van der Waals surface area contributed by atoms with Gasteiger partial charge in [0.05, 0.1) is 6.21 Å². The van der Waals surface area contributed by atoms with Gasteiger partial charge in [0.15, 0.2) is 5.82 Å². The molecule has 8 heteroatoms. The van der Waals surface area contributed by atoms with Crippen LogP contribution in [0, 0.1) is 12.8 Å². The number of benzene rings is 2. The molecule has 1 unspecified atom stereocenters. The summed E-state index contributed by atoms with van der Waals surface area (Å²) in [5.41, 5.74) is 5.97. The van der Waals surface area contributed by atoms with E-state index in [4.69, 9.17) is 9.84 Å². The molecule has 3 aromatic rings. The van der Waals surface area contributed by atoms with Crippen LogP contribution in [-0.2, 0) is 6.42 Å². The van der Waals surface area contributed by atoms with Crippen molar-refractivity contribution in [1.29, 1.82) is 0 Å². The summed E-state index contributed by atoms with van der Waals surface area (Å²) in [5.74, 6) is 3.48. The second-order valence-corrected chi connectivity index (χ2v) is 11.4. The van der Waals surface area contributed by atoms with Crippen LogP contribution in [0.25, 0.3) is 0 Å². The van der Waals surface area contributed by atoms with Gasteiger partial charge in [-0.3, -0.25) is 4.99 Å². The van der Waals surface area contributed by atoms with Gasteiger partial charge in [-0.25, -0.2) is 9.97 Å². The minimum absolute atomic E-state index is 0.0168. The summed E-state index contributed by atoms with van der Waals surface area (Å²) in [6, 6.07) is 12.2. The lowest BCUT2D eigenvalue weighted by molar-refractivity contribution is 0.216. The number of fused-ring (bicyclic) bond motifs is 1. The molecule has 2 heterocycles. The Morgan fingerprint density at radius 2 is 1.91 bits per heavy atom. The number of aliphatic imine (C=N–C) groups is 1. The summed E-state index contributed by atoms with van der Waals surface area (Å²) < 4.78 is 6.25. The van der Waals surface area contributed by atoms with E-state index in [0.717, 1.165) is 64.4 Å². The monoisotopic (exact) mass is 586 g/mol. The zero-order chi connectivity index (χ0) is 31.4. The van der Waals surface area contributed by atoms with Gasteiger partial charge >= 0.3 is 0 Å². The van der Waals surface area contributed by atoms with Crippen LogP contribution in [-0.4, -0.2) is 40.6 Å². The number of hydrogen-bond donors (Lipinski definition) is 3. The molecule has 2 aliphatic rings. The number of rotatable bonds is 9. The van der Waals surface area contributed by atoms with Crippen molar-refractivity contribution < 1.29 is 9.84 Å². The van der Waals surface area contributed by atoms with Gasteiger partial charge in [0.2, 0.25) is 0 Å². The van der Waals surface area contributed by atoms with Crippen molar-refractivity contribution in [2.24, 2.45) is 10.9 Å². The number of aliphatic hydroxyl groups excluding tert-OH is 1. The first kappa shape index (κ1) is 33.6. The first-order valence-electron chi connectivity index (χ1n) is 15.5. The number of aliphatic hydroxyl groups is 1. The Morgan fingerprint density at radius 1 is 1.16 bits per heavy atom. The van der Waals surface area contributed by atoms with Crippen molar-refractivity contribution in [2.75, 3.05) is 22.6 Å². The van der Waals surface area contributed by atoms with Crippen molar-refractivity contribution in [2.45, 2.75) is 92.3 Å². The fourth-order valence-corrected chi connectivity index (χ4v) is 4.71. The summed E-state index contributed by atoms with van der Waals surface area (Å²) >= 11 is 0. The molecule has 43 heavy (non-hydrogen) atoms. The van der Waals surface area contributed by atoms with Crippen LogP contribution in [0.3, 0.4) is 0 Å². The molecule has 1 aliphatic heterocycles. The van der Waals surface area contributed by atoms with Gasteiger partial charge < -0.3 is 25.4 Å². The van der Waals surface area contributed by atoms with Gasteiger partial charge in [0.1, 0.15) is 35.4 Å². The normalized spacial score (nSPS) is 15.0. The number of aromatic nitrogens is 2. The maximum atomic E-state index is 8.06. The molecule has 0 bridgehead atoms. The molecule has 2 aromatic carbocycles. The lowest BCUT2D eigenvalue weighted by Crippen LogP contribution is -2.20. The first-order chi connectivity index (χ1) is 20.6. The van der Waals surface area contributed by atoms with E-state index in [-0.39, 0.29) is 12.3 Å². The van der Waals surface area contributed by atoms with Crippen molar-refractivity contribution in [3.63, 3.8) is 0 Å². The fourth-order valence-electron chi connectivity index (χ4n) is 4.71. The molecule has 1 fully saturated rings. The summed E-state index contributed by atoms with van der Waals surface area (Å²) in [6.45, 7) is 15.8. The molecule has 1 saturated carbocycles. The zero-order valence-electron chi connectivity index (χ0n) is 27.0. The largest absolute Gasteiger partial charge is 0.457 e. The molecule has 0 spiro atoms. The van der Waals surface area contributed by atoms with Crippen LogP contribution < -0.4 is 20.3 Å². The highest BCUT2D eigenvalue weighted by atomic mass is 16.5. The molecule has 0 radical (unpaired) electrons. The third kappa shape index (κ3) is 10.1. The average Bonchev–Trinajstić information content (AvgIpc) is 2.94. The predicted molar refractivity (Wildman–Crippen MR) is 181 cm³/mol. The molecule has 8 nitrogen and oxygen atoms in total. The highest BCUT2D eigenvalue weighted by Gasteiger charge is 2.17. The van der Waals surface area contributed by atoms with Crippen molar-refractivity contribution in [3.05, 3.63) is 72.3 Å². The van der Waals surface area contributed by atoms with E-state index >= 15 is 0 Å². The molecule has 1 aliphatic carbocycles. The standard InChI is InChI=1S/C26H30N6O.C6H12.C3H8O/c1-6-8-19-14-21(10-11-23(19)32(5)7-2)33-24-12-9-20(13-17(24)3)31-26-25-22(28-16-29-26)15-27-18(4)30-25;1-2-6-4-3-5-6;1-3(2)4/h7,9-16,18,30H,2,6,8H2,1,3-5H3,(H,28,29,31);6H,2-5H2,1H3;3-4H,1-2H3. The average molecular weight is 587 g/mol. The molecule has 232 valence electrons. The summed E-state index contributed by atoms with van der Waals surface area (Å²) in [7, 11) is 2.01. The summed E-state index contributed by atoms with van der Waals surface area (Å²) in [5, 5.41) is 14.8. The Bertz CT molecular complexity index is 1350. The Morgan fingerprint density at radius 3 is 2.49 bits per heavy atom. The molecule has 1 aromatic heterocycles. The highest BCUT2D eigenvalue weighted by Crippen LogP contribution is 2.33. The number of hydrogen-bond acceptors (Lipinski definition) is 8. The lowest BCUT2D eigenvalue weighted by atomic mass is 9.84. The predicted octanol–water partition coefficient (Wildman–Crippen LogP) is 8.63. The Labute approximate surface area is 258 Å². The zero-order valence-corrected chi connectivity index (χ0v) is 27.0. The van der Waals surface area contributed by atoms with E-state index in [9.17, 15) is 0 Å². The molecule has 3 N–H and O–H groups in total. The van der Waals surface area contributed by atoms with E-state index in [1.165, 1.54) is 37.6 Å². The summed E-state index contributed by atoms with van der Waals surface area (Å²) in [6.07, 6.45) is 12.9. The number of nitrogens with zero attached hydrogens (tertiary/aromatic N) is 4. The second-order valence-electron chi connectivity index (χ2n) is 11.4. The van der Waals surface area contributed by atoms with Crippen LogP contribution in [0.5, 0.6) is 11.5 Å². The van der Waals surface area contributed by atoms with E-state index < -0.39 is 0 Å². The van der Waals surface area contributed by atoms with Gasteiger partial charge in [0, 0.05) is 24.5 Å². The van der Waals surface area contributed by atoms with Crippen LogP contribution in [0.15, 0.2) is 60.5 Å². The fraction of sp³-hybridized carbons (Fsp3) is 0.457. The maximum absolute atomic E-state index is 8.06. The van der Waals surface area contributed by atoms with Crippen LogP contribution in [0.2, 0.25) is 0 Å². The Kier molecular flexibility index (Phi) is 13.0. The van der Waals surface area contributed by atoms with Crippen LogP contribution in [0.1, 0.15) is 83.5 Å². The van der Waals surface area contributed by atoms with Crippen molar-refractivity contribution in [1.82, 2.24) is 9.97 Å². The van der Waals surface area contributed by atoms with Crippen LogP contribution >= 0.6 is 0 Å². The number of aryl methyl sites for hydroxylation is 2. The number of nitrogens with one attached hydrogen (secondary N) is 2. The van der Waals surface area contributed by atoms with Crippen LogP contribution in [0.4, 0.5) is 22.9 Å². The Balaban J connectivity index is 0.000000432. The molecule has 5 rings (SSSR count). The molecule has 0 saturated heterocycles. The minimum atomic E-state index is -0.167. The highest BCUT2D eigenvalue weighted by molar-refractivity contribution is 5.92. The third-order valence-corrected chi connectivity index (χ3v) is 7.34. The van der Waals surface area contributed by atoms with Gasteiger partial charge in [-0.15, -0.1) is 0 Å². The molecular formula is C35H50N6O2. The van der Waals surface area contributed by atoms with Gasteiger partial charge in [-0.1, -0.05) is 52.5 Å². The Hall–Kier alpha value is -3.91. The molecule has 1 atom stereocenters. The molecular weight excluding hydrogens is 536 g/mol. The SMILES string of the molecule is C=CN(C)c1ccc(Oc2ccc(Nc3ncnc4c3NC(C)N=C4)cc2C)cc1CCC.CC(C)O.CCC1CCC1. The van der Waals surface area contributed by atoms with E-state index in [0.29, 0.717) is 0 Å². The topological polar surface area (TPSA) is 94.9 Å². The van der Waals surface area contributed by atoms with Crippen molar-refractivity contribution in [3.8, 4) is 11.5 Å². The first-order valence-corrected chi connectivity index (χ1v) is 15.5. The van der Waals surface area contributed by atoms with Gasteiger partial charge in [-0.05, 0) is 93.8 Å². The van der Waals surface area contributed by atoms with E-state index in [2.05, 4.69) is 64.2 Å². The van der Waals surface area contributed by atoms with Gasteiger partial charge in [0.25, 0.3) is 0 Å². The van der Waals surface area contributed by atoms with E-state index in [1.807, 2.05) is 50.2 Å². The van der Waals surface area contributed by atoms with E-state index in [1.54, 1.807) is 20.1 Å². The minimum Gasteiger partial charge on any atom is -0.457 e. The second kappa shape index (κ2) is 16.7. The molecule has 0 amide bonds. The van der Waals surface area contributed by atoms with Gasteiger partial charge in [-0.2, -0.15) is 0 Å². The quantitative estimate of drug-likeness (QED) is 0.231.